The van der Waals surface area contributed by atoms with E-state index in [2.05, 4.69) is 27.6 Å². The first kappa shape index (κ1) is 18.5. The minimum Gasteiger partial charge on any atom is -0.345 e. The van der Waals surface area contributed by atoms with Gasteiger partial charge in [0.1, 0.15) is 6.54 Å². The number of carbonyl (C=O) groups is 3. The SMILES string of the molecule is Cc1ccc(-c2noc(CNC(=O)CN3C(=O)[C@@H]4[C@H]5C=C[C@@H]([C@@H]6C[C@@H]56)[C@@H]4C3=O)n2)cc1. The molecule has 1 aliphatic heterocycles. The lowest BCUT2D eigenvalue weighted by Gasteiger charge is -2.37. The summed E-state index contributed by atoms with van der Waals surface area (Å²) < 4.78 is 5.21. The smallest absolute Gasteiger partial charge is 0.246 e. The number of amides is 3. The number of aromatic nitrogens is 2. The minimum atomic E-state index is -0.416. The Hall–Kier alpha value is -3.29. The summed E-state index contributed by atoms with van der Waals surface area (Å²) in [6, 6.07) is 7.72. The molecule has 2 aromatic rings. The predicted molar refractivity (Wildman–Crippen MR) is 108 cm³/mol. The van der Waals surface area contributed by atoms with Crippen molar-refractivity contribution in [3.8, 4) is 11.4 Å². The van der Waals surface area contributed by atoms with Crippen molar-refractivity contribution in [2.75, 3.05) is 6.54 Å². The number of allylic oxidation sites excluding steroid dienone is 2. The van der Waals surface area contributed by atoms with Crippen LogP contribution in [-0.4, -0.2) is 39.3 Å². The molecule has 1 aromatic carbocycles. The van der Waals surface area contributed by atoms with Gasteiger partial charge >= 0.3 is 0 Å². The van der Waals surface area contributed by atoms with Gasteiger partial charge in [-0.1, -0.05) is 47.1 Å². The van der Waals surface area contributed by atoms with Crippen molar-refractivity contribution in [3.63, 3.8) is 0 Å². The Morgan fingerprint density at radius 1 is 1.10 bits per heavy atom. The summed E-state index contributed by atoms with van der Waals surface area (Å²) in [5.41, 5.74) is 1.95. The van der Waals surface area contributed by atoms with Crippen molar-refractivity contribution < 1.29 is 18.9 Å². The van der Waals surface area contributed by atoms with Crippen LogP contribution in [0, 0.1) is 42.4 Å². The summed E-state index contributed by atoms with van der Waals surface area (Å²) in [7, 11) is 0. The van der Waals surface area contributed by atoms with E-state index >= 15 is 0 Å². The zero-order valence-corrected chi connectivity index (χ0v) is 17.0. The first-order chi connectivity index (χ1) is 15.0. The molecule has 4 aliphatic carbocycles. The number of benzene rings is 1. The summed E-state index contributed by atoms with van der Waals surface area (Å²) in [4.78, 5) is 43.8. The highest BCUT2D eigenvalue weighted by atomic mass is 16.5. The Morgan fingerprint density at radius 3 is 2.39 bits per heavy atom. The maximum Gasteiger partial charge on any atom is 0.246 e. The van der Waals surface area contributed by atoms with Gasteiger partial charge < -0.3 is 9.84 Å². The topological polar surface area (TPSA) is 105 Å². The Bertz CT molecular complexity index is 1080. The number of hydrogen-bond acceptors (Lipinski definition) is 6. The summed E-state index contributed by atoms with van der Waals surface area (Å²) in [5, 5.41) is 6.62. The molecule has 6 atom stereocenters. The average Bonchev–Trinajstić information content (AvgIpc) is 3.41. The average molecular weight is 418 g/mol. The molecule has 31 heavy (non-hydrogen) atoms. The van der Waals surface area contributed by atoms with Crippen molar-refractivity contribution in [2.45, 2.75) is 19.9 Å². The molecule has 1 N–H and O–H groups in total. The number of nitrogens with one attached hydrogen (secondary N) is 1. The largest absolute Gasteiger partial charge is 0.345 e. The summed E-state index contributed by atoms with van der Waals surface area (Å²) in [6.07, 6.45) is 5.36. The second-order valence-electron chi connectivity index (χ2n) is 9.07. The van der Waals surface area contributed by atoms with Crippen LogP contribution in [0.1, 0.15) is 17.9 Å². The first-order valence-electron chi connectivity index (χ1n) is 10.7. The third-order valence-corrected chi connectivity index (χ3v) is 7.27. The lowest BCUT2D eigenvalue weighted by molar-refractivity contribution is -0.143. The third kappa shape index (κ3) is 2.85. The zero-order chi connectivity index (χ0) is 21.3. The second-order valence-corrected chi connectivity index (χ2v) is 9.07. The van der Waals surface area contributed by atoms with Gasteiger partial charge in [-0.15, -0.1) is 0 Å². The standard InChI is InChI=1S/C23H22N4O4/c1-11-2-4-12(5-3-11)21-25-18(31-26-21)9-24-17(28)10-27-22(29)19-13-6-7-14(16-8-15(13)16)20(19)23(27)30/h2-7,13-16,19-20H,8-10H2,1H3,(H,24,28)/t13-,14-,15-,16-,19-,20+/m0/s1. The molecule has 3 fully saturated rings. The van der Waals surface area contributed by atoms with Crippen molar-refractivity contribution in [2.24, 2.45) is 35.5 Å². The molecule has 5 aliphatic rings. The van der Waals surface area contributed by atoms with E-state index in [-0.39, 0.29) is 54.5 Å². The van der Waals surface area contributed by atoms with Crippen LogP contribution in [-0.2, 0) is 20.9 Å². The number of hydrogen-bond donors (Lipinski definition) is 1. The molecule has 158 valence electrons. The Balaban J connectivity index is 1.09. The molecule has 0 unspecified atom stereocenters. The molecular formula is C23H22N4O4. The Morgan fingerprint density at radius 2 is 1.74 bits per heavy atom. The van der Waals surface area contributed by atoms with Gasteiger partial charge in [-0.25, -0.2) is 0 Å². The maximum absolute atomic E-state index is 12.9. The van der Waals surface area contributed by atoms with Gasteiger partial charge in [0.15, 0.2) is 0 Å². The maximum atomic E-state index is 12.9. The molecule has 2 bridgehead atoms. The van der Waals surface area contributed by atoms with Gasteiger partial charge in [-0.05, 0) is 37.0 Å². The molecule has 2 saturated carbocycles. The van der Waals surface area contributed by atoms with Gasteiger partial charge in [-0.3, -0.25) is 19.3 Å². The van der Waals surface area contributed by atoms with E-state index in [9.17, 15) is 14.4 Å². The number of likely N-dealkylation sites (tertiary alicyclic amines) is 1. The van der Waals surface area contributed by atoms with Gasteiger partial charge in [0, 0.05) is 5.56 Å². The van der Waals surface area contributed by atoms with Crippen LogP contribution >= 0.6 is 0 Å². The predicted octanol–water partition coefficient (Wildman–Crippen LogP) is 1.71. The molecular weight excluding hydrogens is 396 g/mol. The van der Waals surface area contributed by atoms with E-state index in [1.165, 1.54) is 0 Å². The van der Waals surface area contributed by atoms with Crippen LogP contribution in [0.5, 0.6) is 0 Å². The molecule has 1 aromatic heterocycles. The molecule has 0 spiro atoms. The highest BCUT2D eigenvalue weighted by molar-refractivity contribution is 6.08. The van der Waals surface area contributed by atoms with E-state index < -0.39 is 5.91 Å². The zero-order valence-electron chi connectivity index (χ0n) is 17.0. The molecule has 1 saturated heterocycles. The van der Waals surface area contributed by atoms with Crippen molar-refractivity contribution >= 4 is 17.7 Å². The van der Waals surface area contributed by atoms with Crippen molar-refractivity contribution in [1.82, 2.24) is 20.4 Å². The lowest BCUT2D eigenvalue weighted by atomic mass is 9.63. The van der Waals surface area contributed by atoms with E-state index in [4.69, 9.17) is 4.52 Å². The molecule has 3 amide bonds. The molecule has 0 radical (unpaired) electrons. The number of aryl methyl sites for hydroxylation is 1. The van der Waals surface area contributed by atoms with E-state index in [1.807, 2.05) is 31.2 Å². The quantitative estimate of drug-likeness (QED) is 0.585. The lowest BCUT2D eigenvalue weighted by Crippen LogP contribution is -2.41. The van der Waals surface area contributed by atoms with Crippen LogP contribution in [0.15, 0.2) is 40.9 Å². The Kier molecular flexibility index (Phi) is 3.94. The fraction of sp³-hybridized carbons (Fsp3) is 0.435. The van der Waals surface area contributed by atoms with E-state index in [0.717, 1.165) is 22.4 Å². The molecule has 8 nitrogen and oxygen atoms in total. The van der Waals surface area contributed by atoms with Gasteiger partial charge in [0.25, 0.3) is 0 Å². The molecule has 2 heterocycles. The molecule has 7 rings (SSSR count). The first-order valence-corrected chi connectivity index (χ1v) is 10.7. The van der Waals surface area contributed by atoms with Gasteiger partial charge in [0.05, 0.1) is 18.4 Å². The second kappa shape index (κ2) is 6.60. The number of nitrogens with zero attached hydrogens (tertiary/aromatic N) is 3. The number of carbonyl (C=O) groups excluding carboxylic acids is 3. The van der Waals surface area contributed by atoms with Crippen molar-refractivity contribution in [1.29, 1.82) is 0 Å². The van der Waals surface area contributed by atoms with Gasteiger partial charge in [0.2, 0.25) is 29.4 Å². The number of rotatable bonds is 5. The summed E-state index contributed by atoms with van der Waals surface area (Å²) >= 11 is 0. The highest BCUT2D eigenvalue weighted by Gasteiger charge is 2.67. The Labute approximate surface area is 178 Å². The minimum absolute atomic E-state index is 0.0394. The third-order valence-electron chi connectivity index (χ3n) is 7.27. The van der Waals surface area contributed by atoms with Crippen LogP contribution in [0.3, 0.4) is 0 Å². The number of imide groups is 1. The molecule has 8 heteroatoms. The van der Waals surface area contributed by atoms with Crippen LogP contribution in [0.25, 0.3) is 11.4 Å². The van der Waals surface area contributed by atoms with Crippen LogP contribution in [0.2, 0.25) is 0 Å². The normalized spacial score (nSPS) is 32.2. The van der Waals surface area contributed by atoms with E-state index in [1.54, 1.807) is 0 Å². The summed E-state index contributed by atoms with van der Waals surface area (Å²) in [5.74, 6) is 0.720. The van der Waals surface area contributed by atoms with Crippen LogP contribution in [0.4, 0.5) is 0 Å². The van der Waals surface area contributed by atoms with Crippen LogP contribution < -0.4 is 5.32 Å². The highest BCUT2D eigenvalue weighted by Crippen LogP contribution is 2.65. The fourth-order valence-corrected chi connectivity index (χ4v) is 5.69. The monoisotopic (exact) mass is 418 g/mol. The fourth-order valence-electron chi connectivity index (χ4n) is 5.69. The summed E-state index contributed by atoms with van der Waals surface area (Å²) in [6.45, 7) is 1.77. The van der Waals surface area contributed by atoms with E-state index in [0.29, 0.717) is 17.7 Å². The van der Waals surface area contributed by atoms with Gasteiger partial charge in [-0.2, -0.15) is 4.98 Å². The van der Waals surface area contributed by atoms with Crippen molar-refractivity contribution in [3.05, 3.63) is 47.9 Å².